The Morgan fingerprint density at radius 3 is 0.922 bits per heavy atom. The molecule has 0 saturated heterocycles. The average Bonchev–Trinajstić information content (AvgIpc) is 3.13. The number of rotatable bonds is 42. The van der Waals surface area contributed by atoms with Gasteiger partial charge in [-0.3, -0.25) is 4.79 Å². The molecule has 0 saturated carbocycles. The minimum absolute atomic E-state index is 0.00843. The van der Waals surface area contributed by atoms with Crippen molar-refractivity contribution in [3.05, 3.63) is 12.2 Å². The molecule has 0 N–H and O–H groups in total. The largest absolute Gasteiger partial charge is 0.463 e. The fraction of sp³-hybridized carbons (Fsp3) is 0.889. The van der Waals surface area contributed by atoms with E-state index in [9.17, 15) is 9.59 Å². The van der Waals surface area contributed by atoms with E-state index >= 15 is 0 Å². The van der Waals surface area contributed by atoms with Gasteiger partial charge in [0.1, 0.15) is 13.2 Å². The van der Waals surface area contributed by atoms with Crippen molar-refractivity contribution >= 4 is 11.9 Å². The van der Waals surface area contributed by atoms with Crippen molar-refractivity contribution in [2.45, 2.75) is 46.5 Å². The summed E-state index contributed by atoms with van der Waals surface area (Å²) in [7, 11) is 0. The fourth-order valence-electron chi connectivity index (χ4n) is 3.88. The molecule has 1 atom stereocenters. The van der Waals surface area contributed by atoms with E-state index in [-0.39, 0.29) is 25.1 Å². The smallest absolute Gasteiger partial charge is 0.333 e. The lowest BCUT2D eigenvalue weighted by molar-refractivity contribution is -0.150. The molecular formula is C36H68O15. The standard InChI is InChI=1S/C36H68O15/c1-5-7-8-34(6-2)36(38)51-32-30-49-28-26-47-24-22-45-20-18-43-16-14-41-12-10-39-9-11-40-13-15-42-17-19-44-21-23-46-25-27-48-29-31-50-35(37)33(3)4/h34H,3,5-32H2,1-2,4H3. The molecule has 0 fully saturated rings. The highest BCUT2D eigenvalue weighted by atomic mass is 16.6. The normalized spacial score (nSPS) is 11.9. The summed E-state index contributed by atoms with van der Waals surface area (Å²) in [6, 6.07) is 0. The molecule has 15 nitrogen and oxygen atoms in total. The van der Waals surface area contributed by atoms with Crippen LogP contribution in [-0.4, -0.2) is 171 Å². The van der Waals surface area contributed by atoms with Gasteiger partial charge in [-0.1, -0.05) is 33.3 Å². The molecule has 0 aliphatic heterocycles. The van der Waals surface area contributed by atoms with E-state index in [1.54, 1.807) is 6.92 Å². The molecule has 0 aromatic rings. The van der Waals surface area contributed by atoms with E-state index in [2.05, 4.69) is 13.5 Å². The van der Waals surface area contributed by atoms with Crippen molar-refractivity contribution in [2.24, 2.45) is 5.92 Å². The maximum atomic E-state index is 12.0. The van der Waals surface area contributed by atoms with Gasteiger partial charge in [-0.25, -0.2) is 4.79 Å². The van der Waals surface area contributed by atoms with Gasteiger partial charge in [0.15, 0.2) is 0 Å². The Balaban J connectivity index is 3.15. The van der Waals surface area contributed by atoms with Crippen molar-refractivity contribution in [1.29, 1.82) is 0 Å². The van der Waals surface area contributed by atoms with Crippen molar-refractivity contribution in [1.82, 2.24) is 0 Å². The Hall–Kier alpha value is -1.76. The van der Waals surface area contributed by atoms with Crippen LogP contribution in [0, 0.1) is 5.92 Å². The van der Waals surface area contributed by atoms with Crippen LogP contribution in [0.1, 0.15) is 46.5 Å². The minimum atomic E-state index is -0.416. The van der Waals surface area contributed by atoms with Gasteiger partial charge in [-0.2, -0.15) is 0 Å². The Morgan fingerprint density at radius 2 is 0.686 bits per heavy atom. The Kier molecular flexibility index (Phi) is 39.6. The zero-order valence-corrected chi connectivity index (χ0v) is 31.7. The lowest BCUT2D eigenvalue weighted by atomic mass is 10.00. The topological polar surface area (TPSA) is 154 Å². The van der Waals surface area contributed by atoms with Crippen LogP contribution in [-0.2, 0) is 71.2 Å². The first kappa shape index (κ1) is 49.2. The molecule has 51 heavy (non-hydrogen) atoms. The summed E-state index contributed by atoms with van der Waals surface area (Å²) in [6.45, 7) is 19.9. The highest BCUT2D eigenvalue weighted by Gasteiger charge is 2.17. The van der Waals surface area contributed by atoms with Crippen molar-refractivity contribution in [3.8, 4) is 0 Å². The lowest BCUT2D eigenvalue weighted by Crippen LogP contribution is -2.20. The number of hydrogen-bond acceptors (Lipinski definition) is 15. The second-order valence-corrected chi connectivity index (χ2v) is 11.1. The first-order chi connectivity index (χ1) is 25.0. The maximum Gasteiger partial charge on any atom is 0.333 e. The van der Waals surface area contributed by atoms with Crippen LogP contribution in [0.15, 0.2) is 12.2 Å². The molecule has 0 rings (SSSR count). The number of carbonyl (C=O) groups excluding carboxylic acids is 2. The summed E-state index contributed by atoms with van der Waals surface area (Å²) < 4.78 is 70.1. The van der Waals surface area contributed by atoms with Gasteiger partial charge in [0.05, 0.1) is 151 Å². The number of hydrogen-bond donors (Lipinski definition) is 0. The number of ether oxygens (including phenoxy) is 13. The third kappa shape index (κ3) is 37.8. The summed E-state index contributed by atoms with van der Waals surface area (Å²) in [4.78, 5) is 23.2. The van der Waals surface area contributed by atoms with Gasteiger partial charge in [0.25, 0.3) is 0 Å². The van der Waals surface area contributed by atoms with E-state index in [1.165, 1.54) is 0 Å². The van der Waals surface area contributed by atoms with E-state index in [1.807, 2.05) is 6.92 Å². The Bertz CT molecular complexity index is 771. The van der Waals surface area contributed by atoms with E-state index in [0.717, 1.165) is 25.7 Å². The summed E-state index contributed by atoms with van der Waals surface area (Å²) >= 11 is 0. The highest BCUT2D eigenvalue weighted by molar-refractivity contribution is 5.86. The van der Waals surface area contributed by atoms with Crippen LogP contribution in [0.4, 0.5) is 0 Å². The predicted octanol–water partition coefficient (Wildman–Crippen LogP) is 3.05. The quantitative estimate of drug-likeness (QED) is 0.0511. The fourth-order valence-corrected chi connectivity index (χ4v) is 3.88. The first-order valence-electron chi connectivity index (χ1n) is 18.4. The Labute approximate surface area is 306 Å². The predicted molar refractivity (Wildman–Crippen MR) is 189 cm³/mol. The van der Waals surface area contributed by atoms with Crippen molar-refractivity contribution in [2.75, 3.05) is 159 Å². The van der Waals surface area contributed by atoms with Gasteiger partial charge in [-0.15, -0.1) is 0 Å². The van der Waals surface area contributed by atoms with Crippen LogP contribution in [0.25, 0.3) is 0 Å². The molecule has 0 amide bonds. The molecule has 0 bridgehead atoms. The molecule has 302 valence electrons. The average molecular weight is 741 g/mol. The van der Waals surface area contributed by atoms with Crippen molar-refractivity contribution < 1.29 is 71.2 Å². The molecule has 0 aromatic carbocycles. The van der Waals surface area contributed by atoms with Crippen LogP contribution in [0.2, 0.25) is 0 Å². The van der Waals surface area contributed by atoms with E-state index < -0.39 is 5.97 Å². The first-order valence-corrected chi connectivity index (χ1v) is 18.4. The van der Waals surface area contributed by atoms with Crippen molar-refractivity contribution in [3.63, 3.8) is 0 Å². The molecule has 0 aromatic heterocycles. The monoisotopic (exact) mass is 740 g/mol. The number of carbonyl (C=O) groups is 2. The maximum absolute atomic E-state index is 12.0. The number of esters is 2. The van der Waals surface area contributed by atoms with Crippen LogP contribution >= 0.6 is 0 Å². The van der Waals surface area contributed by atoms with Crippen LogP contribution in [0.5, 0.6) is 0 Å². The summed E-state index contributed by atoms with van der Waals surface area (Å²) in [5.41, 5.74) is 0.367. The molecule has 1 unspecified atom stereocenters. The SMILES string of the molecule is C=C(C)C(=O)OCCOCCOCCOCCOCCOCCOCCOCCOCCOCCOCCOCCOC(=O)C(CC)CCCC. The highest BCUT2D eigenvalue weighted by Crippen LogP contribution is 2.14. The van der Waals surface area contributed by atoms with Gasteiger partial charge in [-0.05, 0) is 19.8 Å². The van der Waals surface area contributed by atoms with E-state index in [4.69, 9.17) is 61.6 Å². The van der Waals surface area contributed by atoms with Gasteiger partial charge in [0, 0.05) is 5.57 Å². The minimum Gasteiger partial charge on any atom is -0.463 e. The van der Waals surface area contributed by atoms with Gasteiger partial charge in [0.2, 0.25) is 0 Å². The zero-order chi connectivity index (χ0) is 37.3. The Morgan fingerprint density at radius 1 is 0.431 bits per heavy atom. The summed E-state index contributed by atoms with van der Waals surface area (Å²) in [5.74, 6) is -0.549. The van der Waals surface area contributed by atoms with Crippen LogP contribution < -0.4 is 0 Å². The van der Waals surface area contributed by atoms with Crippen LogP contribution in [0.3, 0.4) is 0 Å². The third-order valence-corrected chi connectivity index (χ3v) is 6.73. The lowest BCUT2D eigenvalue weighted by Gasteiger charge is -2.13. The molecule has 0 aliphatic rings. The van der Waals surface area contributed by atoms with E-state index in [0.29, 0.717) is 151 Å². The summed E-state index contributed by atoms with van der Waals surface area (Å²) in [6.07, 6.45) is 3.82. The second-order valence-electron chi connectivity index (χ2n) is 11.1. The molecule has 0 heterocycles. The van der Waals surface area contributed by atoms with Gasteiger partial charge >= 0.3 is 11.9 Å². The third-order valence-electron chi connectivity index (χ3n) is 6.73. The molecule has 0 aliphatic carbocycles. The summed E-state index contributed by atoms with van der Waals surface area (Å²) in [5, 5.41) is 0. The zero-order valence-electron chi connectivity index (χ0n) is 31.7. The van der Waals surface area contributed by atoms with Gasteiger partial charge < -0.3 is 61.6 Å². The molecular weight excluding hydrogens is 672 g/mol. The molecule has 0 spiro atoms. The molecule has 15 heteroatoms. The second kappa shape index (κ2) is 41.0. The number of unbranched alkanes of at least 4 members (excludes halogenated alkanes) is 1. The molecule has 0 radical (unpaired) electrons.